The van der Waals surface area contributed by atoms with Gasteiger partial charge in [-0.2, -0.15) is 5.10 Å². The maximum Gasteiger partial charge on any atom is 0.268 e. The number of nitrogens with zero attached hydrogens (tertiary/aromatic N) is 3. The number of rotatable bonds is 2. The normalized spacial score (nSPS) is 17.6. The average Bonchev–Trinajstić information content (AvgIpc) is 2.73. The number of aromatic nitrogens is 2. The molecule has 0 spiro atoms. The van der Waals surface area contributed by atoms with Gasteiger partial charge in [-0.3, -0.25) is 14.4 Å². The van der Waals surface area contributed by atoms with Gasteiger partial charge in [0, 0.05) is 10.6 Å². The molecular formula is C15H16IN3O2. The van der Waals surface area contributed by atoms with Crippen LogP contribution < -0.4 is 9.64 Å². The molecule has 1 aromatic carbocycles. The van der Waals surface area contributed by atoms with Crippen molar-refractivity contribution >= 4 is 34.2 Å². The Bertz CT molecular complexity index is 711. The third-order valence-corrected chi connectivity index (χ3v) is 4.22. The Hall–Kier alpha value is -1.57. The molecule has 0 fully saturated rings. The number of fused-ring (bicyclic) bond motifs is 1. The van der Waals surface area contributed by atoms with Gasteiger partial charge in [-0.1, -0.05) is 0 Å². The fraction of sp³-hybridized carbons (Fsp3) is 0.333. The summed E-state index contributed by atoms with van der Waals surface area (Å²) >= 11 is 2.24. The zero-order valence-corrected chi connectivity index (χ0v) is 14.3. The first kappa shape index (κ1) is 14.4. The molecule has 1 aromatic heterocycles. The van der Waals surface area contributed by atoms with E-state index in [1.165, 1.54) is 0 Å². The number of amides is 1. The minimum Gasteiger partial charge on any atom is -0.479 e. The van der Waals surface area contributed by atoms with Crippen LogP contribution in [0, 0.1) is 10.5 Å². The Morgan fingerprint density at radius 3 is 2.81 bits per heavy atom. The molecule has 0 saturated heterocycles. The van der Waals surface area contributed by atoms with Gasteiger partial charge >= 0.3 is 0 Å². The van der Waals surface area contributed by atoms with Gasteiger partial charge in [0.1, 0.15) is 5.75 Å². The molecule has 3 rings (SSSR count). The van der Waals surface area contributed by atoms with E-state index in [2.05, 4.69) is 27.7 Å². The summed E-state index contributed by atoms with van der Waals surface area (Å²) in [5.74, 6) is 0.732. The molecular weight excluding hydrogens is 381 g/mol. The highest BCUT2D eigenvalue weighted by Crippen LogP contribution is 2.36. The van der Waals surface area contributed by atoms with Crippen molar-refractivity contribution in [3.63, 3.8) is 0 Å². The maximum absolute atomic E-state index is 12.5. The fourth-order valence-corrected chi connectivity index (χ4v) is 2.98. The summed E-state index contributed by atoms with van der Waals surface area (Å²) in [6.07, 6.45) is -0.468. The summed E-state index contributed by atoms with van der Waals surface area (Å²) in [5.41, 5.74) is 2.76. The smallest absolute Gasteiger partial charge is 0.268 e. The van der Waals surface area contributed by atoms with E-state index >= 15 is 0 Å². The fourth-order valence-electron chi connectivity index (χ4n) is 2.52. The van der Waals surface area contributed by atoms with Gasteiger partial charge in [0.2, 0.25) is 0 Å². The SMILES string of the molecule is Cc1cc(CN2C(=O)C(C)Oc3cc(I)ccc32)n(C)n1. The standard InChI is InChI=1S/C15H16IN3O2/c1-9-6-12(18(3)17-9)8-19-13-5-4-11(16)7-14(13)21-10(2)15(19)20/h4-7,10H,8H2,1-3H3. The van der Waals surface area contributed by atoms with E-state index in [0.29, 0.717) is 6.54 Å². The minimum atomic E-state index is -0.468. The lowest BCUT2D eigenvalue weighted by molar-refractivity contribution is -0.125. The molecule has 2 heterocycles. The van der Waals surface area contributed by atoms with E-state index in [1.807, 2.05) is 42.9 Å². The van der Waals surface area contributed by atoms with Crippen LogP contribution in [0.4, 0.5) is 5.69 Å². The van der Waals surface area contributed by atoms with Crippen molar-refractivity contribution in [2.75, 3.05) is 4.90 Å². The van der Waals surface area contributed by atoms with Gasteiger partial charge in [-0.15, -0.1) is 0 Å². The van der Waals surface area contributed by atoms with Crippen molar-refractivity contribution in [2.45, 2.75) is 26.5 Å². The number of carbonyl (C=O) groups excluding carboxylic acids is 1. The molecule has 1 aliphatic rings. The van der Waals surface area contributed by atoms with Crippen LogP contribution in [-0.2, 0) is 18.4 Å². The first-order valence-electron chi connectivity index (χ1n) is 6.73. The van der Waals surface area contributed by atoms with E-state index in [-0.39, 0.29) is 5.91 Å². The molecule has 1 aliphatic heterocycles. The predicted octanol–water partition coefficient (Wildman–Crippen LogP) is 2.65. The largest absolute Gasteiger partial charge is 0.479 e. The number of aryl methyl sites for hydroxylation is 2. The maximum atomic E-state index is 12.5. The van der Waals surface area contributed by atoms with Crippen molar-refractivity contribution in [2.24, 2.45) is 7.05 Å². The lowest BCUT2D eigenvalue weighted by Gasteiger charge is -2.33. The number of anilines is 1. The quantitative estimate of drug-likeness (QED) is 0.733. The Morgan fingerprint density at radius 1 is 1.38 bits per heavy atom. The van der Waals surface area contributed by atoms with Crippen LogP contribution in [0.5, 0.6) is 5.75 Å². The van der Waals surface area contributed by atoms with E-state index in [4.69, 9.17) is 4.74 Å². The van der Waals surface area contributed by atoms with Crippen molar-refractivity contribution < 1.29 is 9.53 Å². The molecule has 1 amide bonds. The van der Waals surface area contributed by atoms with Gasteiger partial charge in [0.25, 0.3) is 5.91 Å². The third kappa shape index (κ3) is 2.64. The van der Waals surface area contributed by atoms with Gasteiger partial charge in [-0.25, -0.2) is 0 Å². The Balaban J connectivity index is 2.01. The molecule has 0 aliphatic carbocycles. The van der Waals surface area contributed by atoms with Gasteiger partial charge < -0.3 is 4.74 Å². The second-order valence-electron chi connectivity index (χ2n) is 5.20. The van der Waals surface area contributed by atoms with Crippen LogP contribution in [0.25, 0.3) is 0 Å². The van der Waals surface area contributed by atoms with Crippen molar-refractivity contribution in [3.8, 4) is 5.75 Å². The van der Waals surface area contributed by atoms with Crippen molar-refractivity contribution in [3.05, 3.63) is 39.2 Å². The zero-order valence-electron chi connectivity index (χ0n) is 12.1. The highest BCUT2D eigenvalue weighted by atomic mass is 127. The monoisotopic (exact) mass is 397 g/mol. The summed E-state index contributed by atoms with van der Waals surface area (Å²) in [4.78, 5) is 14.2. The first-order chi connectivity index (χ1) is 9.95. The summed E-state index contributed by atoms with van der Waals surface area (Å²) in [5, 5.41) is 4.34. The van der Waals surface area contributed by atoms with Crippen LogP contribution in [0.1, 0.15) is 18.3 Å². The van der Waals surface area contributed by atoms with Crippen LogP contribution >= 0.6 is 22.6 Å². The Labute approximate surface area is 137 Å². The van der Waals surface area contributed by atoms with Gasteiger partial charge in [-0.05, 0) is 60.7 Å². The third-order valence-electron chi connectivity index (χ3n) is 3.55. The molecule has 2 aromatic rings. The molecule has 1 atom stereocenters. The molecule has 6 heteroatoms. The summed E-state index contributed by atoms with van der Waals surface area (Å²) in [6, 6.07) is 7.87. The molecule has 0 saturated carbocycles. The Kier molecular flexibility index (Phi) is 3.64. The predicted molar refractivity (Wildman–Crippen MR) is 88.4 cm³/mol. The summed E-state index contributed by atoms with van der Waals surface area (Å²) in [6.45, 7) is 4.23. The van der Waals surface area contributed by atoms with Crippen LogP contribution in [0.3, 0.4) is 0 Å². The molecule has 21 heavy (non-hydrogen) atoms. The van der Waals surface area contributed by atoms with Crippen LogP contribution in [0.2, 0.25) is 0 Å². The molecule has 0 N–H and O–H groups in total. The van der Waals surface area contributed by atoms with Gasteiger partial charge in [0.05, 0.1) is 23.6 Å². The molecule has 110 valence electrons. The topological polar surface area (TPSA) is 47.4 Å². The second kappa shape index (κ2) is 5.32. The second-order valence-corrected chi connectivity index (χ2v) is 6.44. The average molecular weight is 397 g/mol. The highest BCUT2D eigenvalue weighted by molar-refractivity contribution is 14.1. The number of hydrogen-bond donors (Lipinski definition) is 0. The molecule has 0 radical (unpaired) electrons. The van der Waals surface area contributed by atoms with Gasteiger partial charge in [0.15, 0.2) is 6.10 Å². The number of carbonyl (C=O) groups is 1. The number of hydrogen-bond acceptors (Lipinski definition) is 3. The summed E-state index contributed by atoms with van der Waals surface area (Å²) in [7, 11) is 1.89. The molecule has 5 nitrogen and oxygen atoms in total. The van der Waals surface area contributed by atoms with Crippen LogP contribution in [-0.4, -0.2) is 21.8 Å². The zero-order chi connectivity index (χ0) is 15.1. The number of benzene rings is 1. The summed E-state index contributed by atoms with van der Waals surface area (Å²) < 4.78 is 8.61. The lowest BCUT2D eigenvalue weighted by Crippen LogP contribution is -2.44. The highest BCUT2D eigenvalue weighted by Gasteiger charge is 2.32. The number of ether oxygens (including phenoxy) is 1. The number of halogens is 1. The first-order valence-corrected chi connectivity index (χ1v) is 7.80. The Morgan fingerprint density at radius 2 is 2.14 bits per heavy atom. The van der Waals surface area contributed by atoms with E-state index in [0.717, 1.165) is 26.4 Å². The lowest BCUT2D eigenvalue weighted by atomic mass is 10.1. The molecule has 1 unspecified atom stereocenters. The van der Waals surface area contributed by atoms with E-state index in [9.17, 15) is 4.79 Å². The van der Waals surface area contributed by atoms with E-state index < -0.39 is 6.10 Å². The minimum absolute atomic E-state index is 0.0254. The molecule has 0 bridgehead atoms. The van der Waals surface area contributed by atoms with E-state index in [1.54, 1.807) is 11.8 Å². The van der Waals surface area contributed by atoms with Crippen molar-refractivity contribution in [1.82, 2.24) is 9.78 Å². The van der Waals surface area contributed by atoms with Crippen molar-refractivity contribution in [1.29, 1.82) is 0 Å². The van der Waals surface area contributed by atoms with Crippen LogP contribution in [0.15, 0.2) is 24.3 Å².